The van der Waals surface area contributed by atoms with Gasteiger partial charge in [-0.05, 0) is 24.6 Å². The largest absolute Gasteiger partial charge is 0.450 e. The van der Waals surface area contributed by atoms with Gasteiger partial charge < -0.3 is 4.42 Å². The average molecular weight is 299 g/mol. The zero-order chi connectivity index (χ0) is 16.0. The first-order valence-electron chi connectivity index (χ1n) is 7.47. The monoisotopic (exact) mass is 299 g/mol. The van der Waals surface area contributed by atoms with Gasteiger partial charge in [0.25, 0.3) is 5.69 Å². The average Bonchev–Trinajstić information content (AvgIpc) is 2.93. The van der Waals surface area contributed by atoms with Crippen LogP contribution in [-0.4, -0.2) is 0 Å². The molecule has 3 nitrogen and oxygen atoms in total. The third-order valence-electron chi connectivity index (χ3n) is 4.27. The van der Waals surface area contributed by atoms with Crippen LogP contribution in [0.25, 0.3) is 38.0 Å². The van der Waals surface area contributed by atoms with Crippen LogP contribution in [0.3, 0.4) is 0 Å². The molecule has 2 heterocycles. The topological polar surface area (TPSA) is 21.4 Å². The summed E-state index contributed by atoms with van der Waals surface area (Å²) in [6, 6.07) is 16.0. The molecular weight excluding hydrogens is 284 g/mol. The Bertz CT molecular complexity index is 1100. The highest BCUT2D eigenvalue weighted by atomic mass is 16.3. The van der Waals surface area contributed by atoms with E-state index in [1.54, 1.807) is 0 Å². The first kappa shape index (κ1) is 13.5. The Labute approximate surface area is 134 Å². The molecule has 0 radical (unpaired) electrons. The molecule has 0 amide bonds. The van der Waals surface area contributed by atoms with Gasteiger partial charge in [-0.15, -0.1) is 0 Å². The predicted octanol–water partition coefficient (Wildman–Crippen LogP) is 4.94. The van der Waals surface area contributed by atoms with E-state index in [9.17, 15) is 0 Å². The summed E-state index contributed by atoms with van der Waals surface area (Å²) in [5.74, 6) is 0. The predicted molar refractivity (Wildman–Crippen MR) is 91.3 cm³/mol. The van der Waals surface area contributed by atoms with Crippen LogP contribution in [0.1, 0.15) is 5.56 Å². The maximum absolute atomic E-state index is 7.17. The van der Waals surface area contributed by atoms with Crippen LogP contribution in [0.2, 0.25) is 0 Å². The van der Waals surface area contributed by atoms with E-state index in [0.29, 0.717) is 5.69 Å². The van der Waals surface area contributed by atoms with Crippen molar-refractivity contribution < 1.29 is 8.98 Å². The van der Waals surface area contributed by atoms with Gasteiger partial charge in [-0.1, -0.05) is 30.3 Å². The zero-order valence-electron chi connectivity index (χ0n) is 13.0. The SMILES string of the molecule is [C-]#[N+]c1ccc2c(c1)oc1c(-c3ccccc3C)[n+](C)ccc12. The summed E-state index contributed by atoms with van der Waals surface area (Å²) in [6.45, 7) is 9.28. The molecule has 2 aromatic carbocycles. The van der Waals surface area contributed by atoms with E-state index in [4.69, 9.17) is 11.0 Å². The molecule has 3 heteroatoms. The molecule has 4 aromatic rings. The number of furan rings is 1. The first-order chi connectivity index (χ1) is 11.2. The highest BCUT2D eigenvalue weighted by Gasteiger charge is 2.21. The second-order valence-electron chi connectivity index (χ2n) is 5.73. The summed E-state index contributed by atoms with van der Waals surface area (Å²) in [6.07, 6.45) is 2.06. The Balaban J connectivity index is 2.14. The van der Waals surface area contributed by atoms with Crippen molar-refractivity contribution in [3.63, 3.8) is 0 Å². The molecular formula is C20H15N2O+. The molecule has 0 unspecified atom stereocenters. The lowest BCUT2D eigenvalue weighted by atomic mass is 10.0. The van der Waals surface area contributed by atoms with Gasteiger partial charge in [0.05, 0.1) is 12.1 Å². The van der Waals surface area contributed by atoms with Crippen LogP contribution >= 0.6 is 0 Å². The van der Waals surface area contributed by atoms with Gasteiger partial charge in [0.2, 0.25) is 5.58 Å². The molecule has 2 aromatic heterocycles. The summed E-state index contributed by atoms with van der Waals surface area (Å²) < 4.78 is 8.24. The van der Waals surface area contributed by atoms with Crippen molar-refractivity contribution in [2.75, 3.05) is 0 Å². The number of fused-ring (bicyclic) bond motifs is 3. The van der Waals surface area contributed by atoms with Crippen LogP contribution in [0.4, 0.5) is 5.69 Å². The van der Waals surface area contributed by atoms with Crippen molar-refractivity contribution in [3.8, 4) is 11.3 Å². The van der Waals surface area contributed by atoms with E-state index < -0.39 is 0 Å². The number of aromatic nitrogens is 1. The van der Waals surface area contributed by atoms with Crippen LogP contribution in [0.15, 0.2) is 59.1 Å². The van der Waals surface area contributed by atoms with Crippen LogP contribution in [-0.2, 0) is 7.05 Å². The van der Waals surface area contributed by atoms with Crippen molar-refractivity contribution in [2.24, 2.45) is 7.05 Å². The van der Waals surface area contributed by atoms with Crippen molar-refractivity contribution >= 4 is 27.6 Å². The molecule has 4 rings (SSSR count). The van der Waals surface area contributed by atoms with Crippen LogP contribution in [0, 0.1) is 13.5 Å². The fraction of sp³-hybridized carbons (Fsp3) is 0.100. The Morgan fingerprint density at radius 3 is 2.65 bits per heavy atom. The minimum Gasteiger partial charge on any atom is -0.450 e. The normalized spacial score (nSPS) is 11.0. The van der Waals surface area contributed by atoms with Crippen molar-refractivity contribution in [1.29, 1.82) is 0 Å². The van der Waals surface area contributed by atoms with Gasteiger partial charge in [-0.3, -0.25) is 0 Å². The minimum absolute atomic E-state index is 0.596. The number of rotatable bonds is 1. The summed E-state index contributed by atoms with van der Waals surface area (Å²) in [5, 5.41) is 2.12. The molecule has 0 atom stereocenters. The van der Waals surface area contributed by atoms with Crippen molar-refractivity contribution in [2.45, 2.75) is 6.92 Å². The maximum atomic E-state index is 7.17. The summed E-state index contributed by atoms with van der Waals surface area (Å²) in [4.78, 5) is 3.49. The van der Waals surface area contributed by atoms with Crippen molar-refractivity contribution in [1.82, 2.24) is 0 Å². The lowest BCUT2D eigenvalue weighted by molar-refractivity contribution is -0.659. The Kier molecular flexibility index (Phi) is 2.92. The van der Waals surface area contributed by atoms with Gasteiger partial charge in [0, 0.05) is 16.8 Å². The van der Waals surface area contributed by atoms with E-state index in [1.807, 2.05) is 37.4 Å². The molecule has 0 saturated carbocycles. The van der Waals surface area contributed by atoms with Gasteiger partial charge >= 0.3 is 0 Å². The Morgan fingerprint density at radius 2 is 1.87 bits per heavy atom. The molecule has 0 aliphatic heterocycles. The van der Waals surface area contributed by atoms with Gasteiger partial charge in [0.1, 0.15) is 12.6 Å². The van der Waals surface area contributed by atoms with Crippen LogP contribution < -0.4 is 4.57 Å². The fourth-order valence-electron chi connectivity index (χ4n) is 3.09. The summed E-state index contributed by atoms with van der Waals surface area (Å²) in [7, 11) is 2.03. The number of hydrogen-bond donors (Lipinski definition) is 0. The molecule has 0 spiro atoms. The summed E-state index contributed by atoms with van der Waals surface area (Å²) >= 11 is 0. The Hall–Kier alpha value is -3.12. The first-order valence-corrected chi connectivity index (χ1v) is 7.47. The second kappa shape index (κ2) is 4.96. The maximum Gasteiger partial charge on any atom is 0.256 e. The van der Waals surface area contributed by atoms with E-state index in [0.717, 1.165) is 33.2 Å². The molecule has 0 aliphatic rings. The number of aryl methyl sites for hydroxylation is 2. The van der Waals surface area contributed by atoms with E-state index in [1.165, 1.54) is 5.56 Å². The second-order valence-corrected chi connectivity index (χ2v) is 5.73. The molecule has 0 N–H and O–H groups in total. The van der Waals surface area contributed by atoms with Gasteiger partial charge in [-0.25, -0.2) is 4.85 Å². The minimum atomic E-state index is 0.596. The van der Waals surface area contributed by atoms with E-state index in [2.05, 4.69) is 40.7 Å². The lowest BCUT2D eigenvalue weighted by Gasteiger charge is -2.04. The van der Waals surface area contributed by atoms with Gasteiger partial charge in [-0.2, -0.15) is 4.57 Å². The Morgan fingerprint density at radius 1 is 1.04 bits per heavy atom. The third kappa shape index (κ3) is 2.00. The number of benzene rings is 2. The van der Waals surface area contributed by atoms with Crippen LogP contribution in [0.5, 0.6) is 0 Å². The fourth-order valence-corrected chi connectivity index (χ4v) is 3.09. The van der Waals surface area contributed by atoms with Gasteiger partial charge in [0.15, 0.2) is 11.9 Å². The number of pyridine rings is 1. The lowest BCUT2D eigenvalue weighted by Crippen LogP contribution is -2.30. The number of nitrogens with zero attached hydrogens (tertiary/aromatic N) is 2. The quantitative estimate of drug-likeness (QED) is 0.360. The molecule has 0 fully saturated rings. The standard InChI is InChI=1S/C20H15N2O/c1-13-6-4-5-7-15(13)19-20-17(10-11-22(19)3)16-9-8-14(21-2)12-18(16)23-20/h4-12H,1,3H3/q+1. The molecule has 110 valence electrons. The number of hydrogen-bond acceptors (Lipinski definition) is 1. The van der Waals surface area contributed by atoms with E-state index >= 15 is 0 Å². The molecule has 0 bridgehead atoms. The van der Waals surface area contributed by atoms with E-state index in [-0.39, 0.29) is 0 Å². The highest BCUT2D eigenvalue weighted by molar-refractivity contribution is 6.08. The molecule has 23 heavy (non-hydrogen) atoms. The molecule has 0 aliphatic carbocycles. The highest BCUT2D eigenvalue weighted by Crippen LogP contribution is 2.35. The third-order valence-corrected chi connectivity index (χ3v) is 4.27. The molecule has 0 saturated heterocycles. The van der Waals surface area contributed by atoms with Crippen molar-refractivity contribution in [3.05, 3.63) is 71.7 Å². The smallest absolute Gasteiger partial charge is 0.256 e. The summed E-state index contributed by atoms with van der Waals surface area (Å²) in [5.41, 5.74) is 5.64. The zero-order valence-corrected chi connectivity index (χ0v) is 13.0.